The van der Waals surface area contributed by atoms with Crippen LogP contribution in [-0.2, 0) is 0 Å². The van der Waals surface area contributed by atoms with E-state index in [9.17, 15) is 14.9 Å². The molecule has 0 saturated carbocycles. The Kier molecular flexibility index (Phi) is 4.23. The lowest BCUT2D eigenvalue weighted by Crippen LogP contribution is -2.15. The van der Waals surface area contributed by atoms with Crippen LogP contribution in [0.3, 0.4) is 0 Å². The highest BCUT2D eigenvalue weighted by atomic mass is 79.9. The Morgan fingerprint density at radius 1 is 1.33 bits per heavy atom. The lowest BCUT2D eigenvalue weighted by Gasteiger charge is -2.10. The second-order valence-corrected chi connectivity index (χ2v) is 5.33. The van der Waals surface area contributed by atoms with Crippen LogP contribution in [0.25, 0.3) is 0 Å². The van der Waals surface area contributed by atoms with Gasteiger partial charge in [-0.05, 0) is 36.8 Å². The first-order valence-electron chi connectivity index (χ1n) is 6.00. The number of nitro groups is 1. The van der Waals surface area contributed by atoms with Gasteiger partial charge in [0, 0.05) is 10.2 Å². The van der Waals surface area contributed by atoms with Crippen molar-refractivity contribution in [2.75, 3.05) is 11.1 Å². The molecule has 0 aliphatic carbocycles. The van der Waals surface area contributed by atoms with Crippen LogP contribution in [0.1, 0.15) is 15.9 Å². The van der Waals surface area contributed by atoms with Gasteiger partial charge >= 0.3 is 5.69 Å². The lowest BCUT2D eigenvalue weighted by molar-refractivity contribution is -0.384. The number of carbonyl (C=O) groups is 1. The fourth-order valence-corrected chi connectivity index (χ4v) is 2.23. The van der Waals surface area contributed by atoms with Crippen LogP contribution >= 0.6 is 15.9 Å². The van der Waals surface area contributed by atoms with E-state index in [2.05, 4.69) is 21.2 Å². The van der Waals surface area contributed by atoms with Crippen molar-refractivity contribution in [2.45, 2.75) is 6.92 Å². The van der Waals surface area contributed by atoms with Gasteiger partial charge in [-0.25, -0.2) is 0 Å². The average molecular weight is 350 g/mol. The topological polar surface area (TPSA) is 98.3 Å². The summed E-state index contributed by atoms with van der Waals surface area (Å²) in [6.45, 7) is 1.83. The van der Waals surface area contributed by atoms with Crippen LogP contribution in [0.15, 0.2) is 40.9 Å². The molecule has 0 unspecified atom stereocenters. The van der Waals surface area contributed by atoms with Crippen LogP contribution in [0.2, 0.25) is 0 Å². The minimum absolute atomic E-state index is 0.0429. The number of nitrogens with zero attached hydrogens (tertiary/aromatic N) is 1. The zero-order valence-electron chi connectivity index (χ0n) is 11.1. The number of nitro benzene ring substituents is 1. The second-order valence-electron chi connectivity index (χ2n) is 4.41. The summed E-state index contributed by atoms with van der Waals surface area (Å²) in [6.07, 6.45) is 0. The first kappa shape index (κ1) is 15.0. The summed E-state index contributed by atoms with van der Waals surface area (Å²) in [6, 6.07) is 9.66. The van der Waals surface area contributed by atoms with Gasteiger partial charge in [0.1, 0.15) is 11.3 Å². The molecule has 7 heteroatoms. The third-order valence-electron chi connectivity index (χ3n) is 2.94. The Labute approximate surface area is 129 Å². The Bertz CT molecular complexity index is 731. The average Bonchev–Trinajstić information content (AvgIpc) is 2.42. The van der Waals surface area contributed by atoms with E-state index in [-0.39, 0.29) is 16.9 Å². The van der Waals surface area contributed by atoms with Crippen LogP contribution < -0.4 is 11.1 Å². The Morgan fingerprint density at radius 3 is 2.71 bits per heavy atom. The van der Waals surface area contributed by atoms with Crippen molar-refractivity contribution in [1.29, 1.82) is 0 Å². The summed E-state index contributed by atoms with van der Waals surface area (Å²) in [5, 5.41) is 13.7. The molecular formula is C14H12BrN3O3. The minimum atomic E-state index is -0.655. The zero-order valence-corrected chi connectivity index (χ0v) is 12.7. The van der Waals surface area contributed by atoms with Gasteiger partial charge in [-0.2, -0.15) is 0 Å². The number of rotatable bonds is 3. The minimum Gasteiger partial charge on any atom is -0.393 e. The van der Waals surface area contributed by atoms with E-state index in [4.69, 9.17) is 5.73 Å². The highest BCUT2D eigenvalue weighted by molar-refractivity contribution is 9.10. The number of carbonyl (C=O) groups excluding carboxylic acids is 1. The van der Waals surface area contributed by atoms with Crippen molar-refractivity contribution in [2.24, 2.45) is 0 Å². The highest BCUT2D eigenvalue weighted by Gasteiger charge is 2.23. The molecule has 2 aromatic rings. The molecule has 0 spiro atoms. The SMILES string of the molecule is Cc1ccc(Br)cc1NC(=O)c1cccc(N)c1[N+](=O)[O-]. The van der Waals surface area contributed by atoms with Gasteiger partial charge in [0.05, 0.1) is 4.92 Å². The number of halogens is 1. The van der Waals surface area contributed by atoms with Crippen molar-refractivity contribution in [3.8, 4) is 0 Å². The number of aryl methyl sites for hydroxylation is 1. The summed E-state index contributed by atoms with van der Waals surface area (Å²) in [7, 11) is 0. The molecular weight excluding hydrogens is 338 g/mol. The third kappa shape index (κ3) is 3.19. The van der Waals surface area contributed by atoms with E-state index in [1.165, 1.54) is 18.2 Å². The van der Waals surface area contributed by atoms with E-state index < -0.39 is 10.8 Å². The lowest BCUT2D eigenvalue weighted by atomic mass is 10.1. The van der Waals surface area contributed by atoms with E-state index in [1.54, 1.807) is 6.07 Å². The van der Waals surface area contributed by atoms with Crippen molar-refractivity contribution in [1.82, 2.24) is 0 Å². The molecule has 21 heavy (non-hydrogen) atoms. The molecule has 2 aromatic carbocycles. The van der Waals surface area contributed by atoms with E-state index in [0.29, 0.717) is 5.69 Å². The summed E-state index contributed by atoms with van der Waals surface area (Å²) < 4.78 is 0.797. The quantitative estimate of drug-likeness (QED) is 0.503. The van der Waals surface area contributed by atoms with Crippen molar-refractivity contribution in [3.63, 3.8) is 0 Å². The summed E-state index contributed by atoms with van der Waals surface area (Å²) in [4.78, 5) is 22.7. The molecule has 0 aliphatic heterocycles. The molecule has 0 fully saturated rings. The zero-order chi connectivity index (χ0) is 15.6. The number of hydrogen-bond acceptors (Lipinski definition) is 4. The van der Waals surface area contributed by atoms with Gasteiger partial charge in [0.2, 0.25) is 0 Å². The largest absolute Gasteiger partial charge is 0.393 e. The summed E-state index contributed by atoms with van der Waals surface area (Å²) >= 11 is 3.31. The fraction of sp³-hybridized carbons (Fsp3) is 0.0714. The smallest absolute Gasteiger partial charge is 0.304 e. The van der Waals surface area contributed by atoms with Gasteiger partial charge in [-0.3, -0.25) is 14.9 Å². The molecule has 3 N–H and O–H groups in total. The molecule has 0 aliphatic rings. The van der Waals surface area contributed by atoms with Gasteiger partial charge in [-0.15, -0.1) is 0 Å². The molecule has 0 aromatic heterocycles. The molecule has 0 atom stereocenters. The molecule has 2 rings (SSSR count). The molecule has 6 nitrogen and oxygen atoms in total. The Hall–Kier alpha value is -2.41. The number of nitrogens with two attached hydrogens (primary N) is 1. The van der Waals surface area contributed by atoms with Crippen molar-refractivity contribution < 1.29 is 9.72 Å². The van der Waals surface area contributed by atoms with Crippen LogP contribution in [0.4, 0.5) is 17.1 Å². The molecule has 1 amide bonds. The molecule has 0 heterocycles. The van der Waals surface area contributed by atoms with Gasteiger partial charge in [0.25, 0.3) is 5.91 Å². The first-order valence-corrected chi connectivity index (χ1v) is 6.80. The first-order chi connectivity index (χ1) is 9.90. The number of nitrogen functional groups attached to an aromatic ring is 1. The Balaban J connectivity index is 2.40. The van der Waals surface area contributed by atoms with Crippen LogP contribution in [0, 0.1) is 17.0 Å². The third-order valence-corrected chi connectivity index (χ3v) is 3.44. The molecule has 0 radical (unpaired) electrons. The predicted molar refractivity (Wildman–Crippen MR) is 84.3 cm³/mol. The predicted octanol–water partition coefficient (Wildman–Crippen LogP) is 3.50. The number of benzene rings is 2. The van der Waals surface area contributed by atoms with E-state index >= 15 is 0 Å². The monoisotopic (exact) mass is 349 g/mol. The standard InChI is InChI=1S/C14H12BrN3O3/c1-8-5-6-9(15)7-12(8)17-14(19)10-3-2-4-11(16)13(10)18(20)21/h2-7H,16H2,1H3,(H,17,19). The van der Waals surface area contributed by atoms with Crippen molar-refractivity contribution >= 4 is 38.9 Å². The van der Waals surface area contributed by atoms with E-state index in [1.807, 2.05) is 19.1 Å². The van der Waals surface area contributed by atoms with Gasteiger partial charge < -0.3 is 11.1 Å². The maximum atomic E-state index is 12.3. The Morgan fingerprint density at radius 2 is 2.05 bits per heavy atom. The number of hydrogen-bond donors (Lipinski definition) is 2. The number of anilines is 2. The highest BCUT2D eigenvalue weighted by Crippen LogP contribution is 2.27. The molecule has 0 saturated heterocycles. The maximum absolute atomic E-state index is 12.3. The summed E-state index contributed by atoms with van der Waals surface area (Å²) in [5.41, 5.74) is 6.50. The van der Waals surface area contributed by atoms with Gasteiger partial charge in [-0.1, -0.05) is 28.1 Å². The number of amides is 1. The van der Waals surface area contributed by atoms with E-state index in [0.717, 1.165) is 10.0 Å². The van der Waals surface area contributed by atoms with Crippen LogP contribution in [-0.4, -0.2) is 10.8 Å². The second kappa shape index (κ2) is 5.92. The molecule has 108 valence electrons. The fourth-order valence-electron chi connectivity index (χ4n) is 1.87. The van der Waals surface area contributed by atoms with Gasteiger partial charge in [0.15, 0.2) is 0 Å². The van der Waals surface area contributed by atoms with Crippen LogP contribution in [0.5, 0.6) is 0 Å². The number of nitrogens with one attached hydrogen (secondary N) is 1. The summed E-state index contributed by atoms with van der Waals surface area (Å²) in [5.74, 6) is -0.574. The normalized spacial score (nSPS) is 10.2. The number of para-hydroxylation sites is 1. The molecule has 0 bridgehead atoms. The van der Waals surface area contributed by atoms with Crippen molar-refractivity contribution in [3.05, 3.63) is 62.1 Å². The maximum Gasteiger partial charge on any atom is 0.304 e.